The quantitative estimate of drug-likeness (QED) is 0.759. The normalized spacial score (nSPS) is 15.2. The van der Waals surface area contributed by atoms with E-state index >= 15 is 0 Å². The van der Waals surface area contributed by atoms with Gasteiger partial charge in [-0.3, -0.25) is 0 Å². The molecule has 1 aliphatic rings. The van der Waals surface area contributed by atoms with Crippen LogP contribution in [-0.4, -0.2) is 23.2 Å². The first-order valence-electron chi connectivity index (χ1n) is 5.84. The van der Waals surface area contributed by atoms with Crippen LogP contribution in [0.15, 0.2) is 12.1 Å². The second kappa shape index (κ2) is 3.39. The number of nitrogens with zero attached hydrogens (tertiary/aromatic N) is 1. The topological polar surface area (TPSA) is 47.1 Å². The number of nitrogens with one attached hydrogen (secondary N) is 1. The smallest absolute Gasteiger partial charge is 0.163 e. The molecule has 1 aromatic heterocycles. The molecule has 2 aromatic rings. The molecule has 2 heterocycles. The average Bonchev–Trinajstić information content (AvgIpc) is 2.68. The van der Waals surface area contributed by atoms with E-state index in [4.69, 9.17) is 9.47 Å². The molecule has 0 amide bonds. The monoisotopic (exact) mass is 232 g/mol. The molecule has 0 fully saturated rings. The number of aromatic amines is 1. The zero-order valence-corrected chi connectivity index (χ0v) is 10.3. The van der Waals surface area contributed by atoms with Crippen molar-refractivity contribution in [2.45, 2.75) is 26.2 Å². The Hall–Kier alpha value is -1.71. The number of imidazole rings is 1. The molecule has 1 N–H and O–H groups in total. The fraction of sp³-hybridized carbons (Fsp3) is 0.462. The molecule has 90 valence electrons. The van der Waals surface area contributed by atoms with E-state index in [1.165, 1.54) is 0 Å². The van der Waals surface area contributed by atoms with Crippen LogP contribution in [-0.2, 0) is 5.41 Å². The molecule has 0 saturated carbocycles. The average molecular weight is 232 g/mol. The minimum atomic E-state index is 0.0151. The van der Waals surface area contributed by atoms with Crippen molar-refractivity contribution in [3.05, 3.63) is 18.0 Å². The van der Waals surface area contributed by atoms with E-state index in [9.17, 15) is 0 Å². The van der Waals surface area contributed by atoms with Crippen LogP contribution in [0, 0.1) is 0 Å². The number of rotatable bonds is 0. The van der Waals surface area contributed by atoms with Crippen molar-refractivity contribution in [1.82, 2.24) is 9.97 Å². The first-order chi connectivity index (χ1) is 8.04. The summed E-state index contributed by atoms with van der Waals surface area (Å²) in [6, 6.07) is 3.90. The van der Waals surface area contributed by atoms with Gasteiger partial charge in [0.25, 0.3) is 0 Å². The predicted molar refractivity (Wildman–Crippen MR) is 65.8 cm³/mol. The van der Waals surface area contributed by atoms with Gasteiger partial charge in [0, 0.05) is 17.5 Å². The molecule has 0 saturated heterocycles. The van der Waals surface area contributed by atoms with Gasteiger partial charge in [-0.1, -0.05) is 20.8 Å². The lowest BCUT2D eigenvalue weighted by atomic mass is 9.96. The summed E-state index contributed by atoms with van der Waals surface area (Å²) in [5.74, 6) is 2.57. The number of aromatic nitrogens is 2. The molecule has 0 unspecified atom stereocenters. The minimum Gasteiger partial charge on any atom is -0.486 e. The van der Waals surface area contributed by atoms with Crippen LogP contribution in [0.3, 0.4) is 0 Å². The molecule has 0 spiro atoms. The van der Waals surface area contributed by atoms with Crippen molar-refractivity contribution in [2.75, 3.05) is 13.2 Å². The fourth-order valence-electron chi connectivity index (χ4n) is 1.90. The first-order valence-corrected chi connectivity index (χ1v) is 5.84. The van der Waals surface area contributed by atoms with Crippen LogP contribution >= 0.6 is 0 Å². The highest BCUT2D eigenvalue weighted by Gasteiger charge is 2.20. The third-order valence-electron chi connectivity index (χ3n) is 2.86. The Balaban J connectivity index is 2.16. The van der Waals surface area contributed by atoms with Crippen LogP contribution < -0.4 is 9.47 Å². The Labute approximate surface area is 100.0 Å². The van der Waals surface area contributed by atoms with E-state index in [0.29, 0.717) is 13.2 Å². The Morgan fingerprint density at radius 1 is 1.12 bits per heavy atom. The van der Waals surface area contributed by atoms with Gasteiger partial charge >= 0.3 is 0 Å². The lowest BCUT2D eigenvalue weighted by Gasteiger charge is -2.17. The Kier molecular flexibility index (Phi) is 2.08. The Morgan fingerprint density at radius 3 is 2.41 bits per heavy atom. The fourth-order valence-corrected chi connectivity index (χ4v) is 1.90. The van der Waals surface area contributed by atoms with Crippen LogP contribution in [0.25, 0.3) is 11.0 Å². The highest BCUT2D eigenvalue weighted by Crippen LogP contribution is 2.34. The maximum absolute atomic E-state index is 5.55. The summed E-state index contributed by atoms with van der Waals surface area (Å²) < 4.78 is 11.1. The number of H-pyrrole nitrogens is 1. The van der Waals surface area contributed by atoms with E-state index in [-0.39, 0.29) is 5.41 Å². The third-order valence-corrected chi connectivity index (χ3v) is 2.86. The van der Waals surface area contributed by atoms with Gasteiger partial charge < -0.3 is 14.5 Å². The van der Waals surface area contributed by atoms with E-state index in [0.717, 1.165) is 28.4 Å². The largest absolute Gasteiger partial charge is 0.486 e. The van der Waals surface area contributed by atoms with Crippen LogP contribution in [0.4, 0.5) is 0 Å². The van der Waals surface area contributed by atoms with E-state index < -0.39 is 0 Å². The number of hydrogen-bond donors (Lipinski definition) is 1. The Morgan fingerprint density at radius 2 is 1.76 bits per heavy atom. The van der Waals surface area contributed by atoms with Gasteiger partial charge in [-0.2, -0.15) is 0 Å². The number of fused-ring (bicyclic) bond motifs is 2. The number of ether oxygens (including phenoxy) is 2. The van der Waals surface area contributed by atoms with E-state index in [1.807, 2.05) is 12.1 Å². The van der Waals surface area contributed by atoms with E-state index in [1.54, 1.807) is 0 Å². The van der Waals surface area contributed by atoms with Crippen molar-refractivity contribution < 1.29 is 9.47 Å². The molecule has 0 bridgehead atoms. The summed E-state index contributed by atoms with van der Waals surface area (Å²) in [6.45, 7) is 7.63. The second-order valence-corrected chi connectivity index (χ2v) is 5.35. The molecular weight excluding hydrogens is 216 g/mol. The molecule has 1 aliphatic heterocycles. The van der Waals surface area contributed by atoms with Crippen LogP contribution in [0.1, 0.15) is 26.6 Å². The molecule has 0 radical (unpaired) electrons. The van der Waals surface area contributed by atoms with Gasteiger partial charge in [0.05, 0.1) is 11.0 Å². The molecule has 3 rings (SSSR count). The standard InChI is InChI=1S/C13H16N2O2/c1-13(2,3)12-14-8-6-10-11(7-9(8)15-12)17-5-4-16-10/h6-7H,4-5H2,1-3H3,(H,14,15). The van der Waals surface area contributed by atoms with Crippen LogP contribution in [0.5, 0.6) is 11.5 Å². The van der Waals surface area contributed by atoms with Crippen molar-refractivity contribution in [3.8, 4) is 11.5 Å². The summed E-state index contributed by atoms with van der Waals surface area (Å²) in [4.78, 5) is 7.94. The van der Waals surface area contributed by atoms with Crippen molar-refractivity contribution in [3.63, 3.8) is 0 Å². The summed E-state index contributed by atoms with van der Waals surface area (Å²) in [5, 5.41) is 0. The molecular formula is C13H16N2O2. The van der Waals surface area contributed by atoms with Gasteiger partial charge in [0.1, 0.15) is 19.0 Å². The van der Waals surface area contributed by atoms with Gasteiger partial charge in [-0.15, -0.1) is 0 Å². The summed E-state index contributed by atoms with van der Waals surface area (Å²) in [5.41, 5.74) is 1.94. The molecule has 4 heteroatoms. The zero-order valence-electron chi connectivity index (χ0n) is 10.3. The molecule has 0 atom stereocenters. The zero-order chi connectivity index (χ0) is 12.0. The summed E-state index contributed by atoms with van der Waals surface area (Å²) >= 11 is 0. The minimum absolute atomic E-state index is 0.0151. The van der Waals surface area contributed by atoms with Crippen molar-refractivity contribution in [2.24, 2.45) is 0 Å². The lowest BCUT2D eigenvalue weighted by Crippen LogP contribution is -2.15. The maximum atomic E-state index is 5.55. The SMILES string of the molecule is CC(C)(C)c1nc2cc3c(cc2[nH]1)OCCO3. The number of hydrogen-bond acceptors (Lipinski definition) is 3. The van der Waals surface area contributed by atoms with Gasteiger partial charge in [0.2, 0.25) is 0 Å². The predicted octanol–water partition coefficient (Wildman–Crippen LogP) is 2.63. The van der Waals surface area contributed by atoms with Crippen LogP contribution in [0.2, 0.25) is 0 Å². The first kappa shape index (κ1) is 10.4. The highest BCUT2D eigenvalue weighted by molar-refractivity contribution is 5.80. The van der Waals surface area contributed by atoms with Crippen molar-refractivity contribution >= 4 is 11.0 Å². The van der Waals surface area contributed by atoms with Gasteiger partial charge in [-0.25, -0.2) is 4.98 Å². The summed E-state index contributed by atoms with van der Waals surface area (Å²) in [6.07, 6.45) is 0. The lowest BCUT2D eigenvalue weighted by molar-refractivity contribution is 0.172. The molecule has 4 nitrogen and oxygen atoms in total. The Bertz CT molecular complexity index is 524. The highest BCUT2D eigenvalue weighted by atomic mass is 16.6. The molecule has 17 heavy (non-hydrogen) atoms. The van der Waals surface area contributed by atoms with E-state index in [2.05, 4.69) is 30.7 Å². The third kappa shape index (κ3) is 1.73. The van der Waals surface area contributed by atoms with Gasteiger partial charge in [-0.05, 0) is 0 Å². The maximum Gasteiger partial charge on any atom is 0.163 e. The number of benzene rings is 1. The summed E-state index contributed by atoms with van der Waals surface area (Å²) in [7, 11) is 0. The van der Waals surface area contributed by atoms with Gasteiger partial charge in [0.15, 0.2) is 11.5 Å². The molecule has 0 aliphatic carbocycles. The molecule has 1 aromatic carbocycles. The van der Waals surface area contributed by atoms with Crippen molar-refractivity contribution in [1.29, 1.82) is 0 Å². The second-order valence-electron chi connectivity index (χ2n) is 5.35.